The van der Waals surface area contributed by atoms with Crippen LogP contribution in [-0.2, 0) is 0 Å². The topological polar surface area (TPSA) is 8.17 Å². The quantitative estimate of drug-likeness (QED) is 0.152. The SMILES string of the molecule is c1ccc(-c2ccc(N(c3cccc(-c4ccccc4)c3)c3ccccc3-c3cccc(-c4cccc5c4c4ccccc4n5-c4ccccc4)c3)cc2)cc1. The maximum Gasteiger partial charge on any atom is 0.0547 e. The summed E-state index contributed by atoms with van der Waals surface area (Å²) in [5, 5.41) is 2.51. The van der Waals surface area contributed by atoms with Crippen molar-refractivity contribution in [2.45, 2.75) is 0 Å². The number of rotatable bonds is 8. The molecule has 0 radical (unpaired) electrons. The molecule has 1 heterocycles. The van der Waals surface area contributed by atoms with E-state index in [1.165, 1.54) is 55.2 Å². The minimum absolute atomic E-state index is 1.09. The van der Waals surface area contributed by atoms with E-state index in [0.29, 0.717) is 0 Å². The van der Waals surface area contributed by atoms with Crippen molar-refractivity contribution in [1.82, 2.24) is 4.57 Å². The minimum Gasteiger partial charge on any atom is -0.310 e. The van der Waals surface area contributed by atoms with Gasteiger partial charge in [0.2, 0.25) is 0 Å². The number of hydrogen-bond donors (Lipinski definition) is 0. The lowest BCUT2D eigenvalue weighted by molar-refractivity contribution is 1.18. The van der Waals surface area contributed by atoms with Crippen LogP contribution in [0.3, 0.4) is 0 Å². The third-order valence-corrected chi connectivity index (χ3v) is 10.8. The molecule has 0 spiro atoms. The smallest absolute Gasteiger partial charge is 0.0547 e. The van der Waals surface area contributed by atoms with Crippen LogP contribution in [0, 0.1) is 0 Å². The van der Waals surface area contributed by atoms with Crippen molar-refractivity contribution in [2.75, 3.05) is 4.90 Å². The number of aromatic nitrogens is 1. The van der Waals surface area contributed by atoms with Gasteiger partial charge in [-0.2, -0.15) is 0 Å². The molecule has 0 aliphatic carbocycles. The predicted molar refractivity (Wildman–Crippen MR) is 237 cm³/mol. The summed E-state index contributed by atoms with van der Waals surface area (Å²) in [6.07, 6.45) is 0. The largest absolute Gasteiger partial charge is 0.310 e. The van der Waals surface area contributed by atoms with Gasteiger partial charge in [-0.05, 0) is 99.6 Å². The first-order valence-corrected chi connectivity index (χ1v) is 19.2. The van der Waals surface area contributed by atoms with E-state index < -0.39 is 0 Å². The highest BCUT2D eigenvalue weighted by Crippen LogP contribution is 2.44. The second kappa shape index (κ2) is 14.4. The van der Waals surface area contributed by atoms with E-state index in [4.69, 9.17) is 0 Å². The Labute approximate surface area is 327 Å². The maximum absolute atomic E-state index is 2.40. The van der Waals surface area contributed by atoms with E-state index >= 15 is 0 Å². The lowest BCUT2D eigenvalue weighted by atomic mass is 9.94. The number of hydrogen-bond acceptors (Lipinski definition) is 1. The molecule has 0 bridgehead atoms. The van der Waals surface area contributed by atoms with Gasteiger partial charge in [0.1, 0.15) is 0 Å². The molecule has 0 aliphatic heterocycles. The van der Waals surface area contributed by atoms with Gasteiger partial charge in [-0.3, -0.25) is 0 Å². The summed E-state index contributed by atoms with van der Waals surface area (Å²) in [5.41, 5.74) is 16.3. The average Bonchev–Trinajstić information content (AvgIpc) is 3.63. The Morgan fingerprint density at radius 3 is 1.59 bits per heavy atom. The Morgan fingerprint density at radius 1 is 0.304 bits per heavy atom. The molecule has 2 heteroatoms. The fraction of sp³-hybridized carbons (Fsp3) is 0. The van der Waals surface area contributed by atoms with Crippen LogP contribution in [0.4, 0.5) is 17.1 Å². The van der Waals surface area contributed by atoms with Gasteiger partial charge < -0.3 is 9.47 Å². The highest BCUT2D eigenvalue weighted by molar-refractivity contribution is 6.16. The van der Waals surface area contributed by atoms with Crippen molar-refractivity contribution in [3.05, 3.63) is 231 Å². The maximum atomic E-state index is 2.40. The third-order valence-electron chi connectivity index (χ3n) is 10.8. The minimum atomic E-state index is 1.09. The summed E-state index contributed by atoms with van der Waals surface area (Å²) < 4.78 is 2.39. The number of benzene rings is 9. The molecule has 1 aromatic heterocycles. The van der Waals surface area contributed by atoms with Crippen molar-refractivity contribution >= 4 is 38.9 Å². The summed E-state index contributed by atoms with van der Waals surface area (Å²) in [4.78, 5) is 2.40. The molecule has 0 aliphatic rings. The normalized spacial score (nSPS) is 11.2. The second-order valence-electron chi connectivity index (χ2n) is 14.2. The number of anilines is 3. The van der Waals surface area contributed by atoms with E-state index in [1.807, 2.05) is 0 Å². The molecule has 0 unspecified atom stereocenters. The number of fused-ring (bicyclic) bond motifs is 3. The van der Waals surface area contributed by atoms with Gasteiger partial charge in [-0.1, -0.05) is 170 Å². The average molecular weight is 715 g/mol. The standard InChI is InChI=1S/C54H38N2/c1-4-17-39(18-5-1)41-33-35-46(36-34-41)55(47-26-15-21-42(38-47)40-19-6-2-7-20-40)51-30-12-10-27-48(51)43-22-14-23-44(37-43)49-29-16-32-53-54(49)50-28-11-13-31-52(50)56(53)45-24-8-3-9-25-45/h1-38H. The predicted octanol–water partition coefficient (Wildman–Crippen LogP) is 14.9. The Kier molecular flexibility index (Phi) is 8.55. The van der Waals surface area contributed by atoms with Crippen LogP contribution in [0.15, 0.2) is 231 Å². The van der Waals surface area contributed by atoms with Gasteiger partial charge in [0.15, 0.2) is 0 Å². The molecule has 9 aromatic carbocycles. The molecule has 56 heavy (non-hydrogen) atoms. The first-order chi connectivity index (χ1) is 27.8. The highest BCUT2D eigenvalue weighted by Gasteiger charge is 2.20. The van der Waals surface area contributed by atoms with Gasteiger partial charge in [0.25, 0.3) is 0 Å². The summed E-state index contributed by atoms with van der Waals surface area (Å²) in [6, 6.07) is 83.0. The Morgan fingerprint density at radius 2 is 0.821 bits per heavy atom. The molecular formula is C54H38N2. The van der Waals surface area contributed by atoms with Gasteiger partial charge in [0.05, 0.1) is 16.7 Å². The molecule has 0 atom stereocenters. The molecule has 10 aromatic rings. The van der Waals surface area contributed by atoms with Crippen LogP contribution in [0.25, 0.3) is 72.0 Å². The molecule has 0 amide bonds. The van der Waals surface area contributed by atoms with Crippen LogP contribution >= 0.6 is 0 Å². The molecule has 0 saturated heterocycles. The van der Waals surface area contributed by atoms with E-state index in [9.17, 15) is 0 Å². The Bertz CT molecular complexity index is 2940. The molecule has 2 nitrogen and oxygen atoms in total. The Hall–Kier alpha value is -7.42. The van der Waals surface area contributed by atoms with E-state index in [-0.39, 0.29) is 0 Å². The molecule has 10 rings (SSSR count). The zero-order valence-corrected chi connectivity index (χ0v) is 30.8. The van der Waals surface area contributed by atoms with Crippen molar-refractivity contribution in [3.63, 3.8) is 0 Å². The van der Waals surface area contributed by atoms with Gasteiger partial charge >= 0.3 is 0 Å². The van der Waals surface area contributed by atoms with E-state index in [0.717, 1.165) is 33.9 Å². The van der Waals surface area contributed by atoms with Crippen LogP contribution in [0.2, 0.25) is 0 Å². The summed E-state index contributed by atoms with van der Waals surface area (Å²) >= 11 is 0. The van der Waals surface area contributed by atoms with E-state index in [2.05, 4.69) is 240 Å². The molecule has 0 fully saturated rings. The Balaban J connectivity index is 1.13. The fourth-order valence-corrected chi connectivity index (χ4v) is 8.20. The summed E-state index contributed by atoms with van der Waals surface area (Å²) in [7, 11) is 0. The first-order valence-electron chi connectivity index (χ1n) is 19.2. The number of nitrogens with zero attached hydrogens (tertiary/aromatic N) is 2. The molecule has 0 N–H and O–H groups in total. The fourth-order valence-electron chi connectivity index (χ4n) is 8.20. The molecular weight excluding hydrogens is 677 g/mol. The van der Waals surface area contributed by atoms with Crippen molar-refractivity contribution in [1.29, 1.82) is 0 Å². The van der Waals surface area contributed by atoms with Gasteiger partial charge in [0, 0.05) is 33.4 Å². The zero-order chi connectivity index (χ0) is 37.3. The van der Waals surface area contributed by atoms with Crippen molar-refractivity contribution in [3.8, 4) is 50.2 Å². The number of para-hydroxylation sites is 3. The van der Waals surface area contributed by atoms with Crippen LogP contribution in [0.5, 0.6) is 0 Å². The third kappa shape index (κ3) is 6.04. The van der Waals surface area contributed by atoms with Crippen molar-refractivity contribution < 1.29 is 0 Å². The van der Waals surface area contributed by atoms with Gasteiger partial charge in [-0.15, -0.1) is 0 Å². The van der Waals surface area contributed by atoms with Crippen molar-refractivity contribution in [2.24, 2.45) is 0 Å². The van der Waals surface area contributed by atoms with Crippen LogP contribution in [0.1, 0.15) is 0 Å². The highest BCUT2D eigenvalue weighted by atomic mass is 15.1. The lowest BCUT2D eigenvalue weighted by Gasteiger charge is -2.28. The van der Waals surface area contributed by atoms with Crippen LogP contribution < -0.4 is 4.90 Å². The first kappa shape index (κ1) is 33.2. The lowest BCUT2D eigenvalue weighted by Crippen LogP contribution is -2.11. The second-order valence-corrected chi connectivity index (χ2v) is 14.2. The van der Waals surface area contributed by atoms with Crippen LogP contribution in [-0.4, -0.2) is 4.57 Å². The zero-order valence-electron chi connectivity index (χ0n) is 30.8. The monoisotopic (exact) mass is 714 g/mol. The van der Waals surface area contributed by atoms with Gasteiger partial charge in [-0.25, -0.2) is 0 Å². The molecule has 0 saturated carbocycles. The summed E-state index contributed by atoms with van der Waals surface area (Å²) in [5.74, 6) is 0. The molecule has 264 valence electrons. The van der Waals surface area contributed by atoms with E-state index in [1.54, 1.807) is 0 Å². The summed E-state index contributed by atoms with van der Waals surface area (Å²) in [6.45, 7) is 0.